The van der Waals surface area contributed by atoms with Gasteiger partial charge in [0.05, 0.1) is 5.56 Å². The Kier molecular flexibility index (Phi) is 3.02. The van der Waals surface area contributed by atoms with Gasteiger partial charge in [0, 0.05) is 12.2 Å². The summed E-state index contributed by atoms with van der Waals surface area (Å²) in [6.45, 7) is 2.60. The number of aromatic carboxylic acids is 1. The van der Waals surface area contributed by atoms with Crippen molar-refractivity contribution in [3.05, 3.63) is 35.7 Å². The maximum Gasteiger partial charge on any atom is 0.335 e. The van der Waals surface area contributed by atoms with Gasteiger partial charge < -0.3 is 14.3 Å². The second-order valence-electron chi connectivity index (χ2n) is 4.98. The molecular formula is C14H14N2O4. The second kappa shape index (κ2) is 4.72. The average Bonchev–Trinajstić information content (AvgIpc) is 3.08. The fraction of sp³-hybridized carbons (Fsp3) is 0.357. The third-order valence-electron chi connectivity index (χ3n) is 3.45. The average molecular weight is 274 g/mol. The van der Waals surface area contributed by atoms with Gasteiger partial charge in [0.25, 0.3) is 0 Å². The summed E-state index contributed by atoms with van der Waals surface area (Å²) in [6, 6.07) is 6.42. The van der Waals surface area contributed by atoms with Crippen LogP contribution in [0.2, 0.25) is 0 Å². The summed E-state index contributed by atoms with van der Waals surface area (Å²) in [4.78, 5) is 11.0. The Balaban J connectivity index is 1.94. The first-order chi connectivity index (χ1) is 9.58. The van der Waals surface area contributed by atoms with E-state index in [0.29, 0.717) is 24.0 Å². The summed E-state index contributed by atoms with van der Waals surface area (Å²) in [5.74, 6) is -0.247. The van der Waals surface area contributed by atoms with Gasteiger partial charge in [-0.05, 0) is 38.0 Å². The van der Waals surface area contributed by atoms with Gasteiger partial charge in [-0.1, -0.05) is 6.07 Å². The summed E-state index contributed by atoms with van der Waals surface area (Å²) in [6.07, 6.45) is 1.80. The lowest BCUT2D eigenvalue weighted by atomic mass is 10.0. The van der Waals surface area contributed by atoms with E-state index in [0.717, 1.165) is 12.8 Å². The van der Waals surface area contributed by atoms with Crippen molar-refractivity contribution in [3.63, 3.8) is 0 Å². The van der Waals surface area contributed by atoms with Crippen LogP contribution in [0, 0.1) is 0 Å². The summed E-state index contributed by atoms with van der Waals surface area (Å²) >= 11 is 0. The summed E-state index contributed by atoms with van der Waals surface area (Å²) in [5.41, 5.74) is 0.242. The number of carboxylic acid groups (broad SMARTS) is 1. The lowest BCUT2D eigenvalue weighted by Gasteiger charge is -2.17. The van der Waals surface area contributed by atoms with Gasteiger partial charge >= 0.3 is 5.97 Å². The van der Waals surface area contributed by atoms with Crippen molar-refractivity contribution in [2.75, 3.05) is 6.61 Å². The number of carbonyl (C=O) groups is 1. The van der Waals surface area contributed by atoms with Gasteiger partial charge in [-0.3, -0.25) is 0 Å². The molecular weight excluding hydrogens is 260 g/mol. The van der Waals surface area contributed by atoms with Crippen molar-refractivity contribution in [3.8, 4) is 11.5 Å². The van der Waals surface area contributed by atoms with Crippen LogP contribution in [0.15, 0.2) is 28.7 Å². The fourth-order valence-electron chi connectivity index (χ4n) is 2.29. The maximum absolute atomic E-state index is 11.0. The molecule has 2 aromatic rings. The first-order valence-corrected chi connectivity index (χ1v) is 6.40. The Morgan fingerprint density at radius 2 is 2.25 bits per heavy atom. The van der Waals surface area contributed by atoms with Gasteiger partial charge in [-0.15, -0.1) is 10.2 Å². The summed E-state index contributed by atoms with van der Waals surface area (Å²) < 4.78 is 11.3. The molecule has 1 unspecified atom stereocenters. The highest BCUT2D eigenvalue weighted by molar-refractivity contribution is 5.88. The number of hydrogen-bond acceptors (Lipinski definition) is 5. The van der Waals surface area contributed by atoms with E-state index in [1.165, 1.54) is 12.1 Å². The van der Waals surface area contributed by atoms with E-state index in [4.69, 9.17) is 14.3 Å². The smallest absolute Gasteiger partial charge is 0.335 e. The van der Waals surface area contributed by atoms with Crippen molar-refractivity contribution < 1.29 is 19.1 Å². The van der Waals surface area contributed by atoms with Crippen molar-refractivity contribution in [1.29, 1.82) is 0 Å². The van der Waals surface area contributed by atoms with E-state index in [2.05, 4.69) is 10.2 Å². The quantitative estimate of drug-likeness (QED) is 0.925. The van der Waals surface area contributed by atoms with Crippen LogP contribution in [0.5, 0.6) is 0 Å². The third-order valence-corrected chi connectivity index (χ3v) is 3.45. The topological polar surface area (TPSA) is 85.5 Å². The van der Waals surface area contributed by atoms with Crippen LogP contribution in [0.4, 0.5) is 0 Å². The van der Waals surface area contributed by atoms with E-state index < -0.39 is 11.6 Å². The number of rotatable bonds is 3. The predicted molar refractivity (Wildman–Crippen MR) is 69.2 cm³/mol. The first-order valence-electron chi connectivity index (χ1n) is 6.40. The second-order valence-corrected chi connectivity index (χ2v) is 4.98. The Morgan fingerprint density at radius 1 is 1.40 bits per heavy atom. The highest BCUT2D eigenvalue weighted by Gasteiger charge is 2.37. The summed E-state index contributed by atoms with van der Waals surface area (Å²) in [7, 11) is 0. The molecule has 104 valence electrons. The number of aromatic nitrogens is 2. The van der Waals surface area contributed by atoms with Crippen molar-refractivity contribution in [2.24, 2.45) is 0 Å². The van der Waals surface area contributed by atoms with E-state index in [1.807, 2.05) is 6.92 Å². The molecule has 3 rings (SSSR count). The Hall–Kier alpha value is -2.21. The summed E-state index contributed by atoms with van der Waals surface area (Å²) in [5, 5.41) is 17.0. The molecule has 1 fully saturated rings. The van der Waals surface area contributed by atoms with Crippen LogP contribution in [0.1, 0.15) is 36.0 Å². The van der Waals surface area contributed by atoms with E-state index in [9.17, 15) is 4.79 Å². The minimum absolute atomic E-state index is 0.186. The molecule has 1 aliphatic rings. The number of ether oxygens (including phenoxy) is 1. The van der Waals surface area contributed by atoms with Gasteiger partial charge in [0.1, 0.15) is 5.60 Å². The van der Waals surface area contributed by atoms with Gasteiger partial charge in [-0.2, -0.15) is 0 Å². The van der Waals surface area contributed by atoms with Crippen LogP contribution >= 0.6 is 0 Å². The van der Waals surface area contributed by atoms with E-state index in [-0.39, 0.29) is 5.56 Å². The van der Waals surface area contributed by atoms with Gasteiger partial charge in [0.15, 0.2) is 0 Å². The van der Waals surface area contributed by atoms with Crippen LogP contribution in [0.25, 0.3) is 11.5 Å². The van der Waals surface area contributed by atoms with Crippen LogP contribution < -0.4 is 0 Å². The normalized spacial score (nSPS) is 22.1. The standard InChI is InChI=1S/C14H14N2O4/c1-14(6-3-7-19-14)13-16-15-11(20-13)9-4-2-5-10(8-9)12(17)18/h2,4-5,8H,3,6-7H2,1H3,(H,17,18). The highest BCUT2D eigenvalue weighted by atomic mass is 16.5. The zero-order valence-corrected chi connectivity index (χ0v) is 11.0. The molecule has 0 radical (unpaired) electrons. The third kappa shape index (κ3) is 2.18. The molecule has 20 heavy (non-hydrogen) atoms. The fourth-order valence-corrected chi connectivity index (χ4v) is 2.29. The molecule has 6 nitrogen and oxygen atoms in total. The molecule has 1 aliphatic heterocycles. The zero-order chi connectivity index (χ0) is 14.2. The molecule has 6 heteroatoms. The van der Waals surface area contributed by atoms with E-state index in [1.54, 1.807) is 12.1 Å². The molecule has 1 aromatic carbocycles. The molecule has 0 spiro atoms. The van der Waals surface area contributed by atoms with Crippen molar-refractivity contribution >= 4 is 5.97 Å². The monoisotopic (exact) mass is 274 g/mol. The maximum atomic E-state index is 11.0. The van der Waals surface area contributed by atoms with Crippen LogP contribution in [-0.2, 0) is 10.3 Å². The molecule has 1 aromatic heterocycles. The number of benzene rings is 1. The van der Waals surface area contributed by atoms with Crippen molar-refractivity contribution in [2.45, 2.75) is 25.4 Å². The minimum atomic E-state index is -0.988. The van der Waals surface area contributed by atoms with E-state index >= 15 is 0 Å². The molecule has 0 bridgehead atoms. The molecule has 0 aliphatic carbocycles. The molecule has 2 heterocycles. The molecule has 1 N–H and O–H groups in total. The van der Waals surface area contributed by atoms with Gasteiger partial charge in [0.2, 0.25) is 11.8 Å². The first kappa shape index (κ1) is 12.8. The molecule has 1 saturated heterocycles. The van der Waals surface area contributed by atoms with Gasteiger partial charge in [-0.25, -0.2) is 4.79 Å². The largest absolute Gasteiger partial charge is 0.478 e. The lowest BCUT2D eigenvalue weighted by molar-refractivity contribution is -0.00503. The molecule has 0 saturated carbocycles. The Morgan fingerprint density at radius 3 is 2.95 bits per heavy atom. The number of nitrogens with zero attached hydrogens (tertiary/aromatic N) is 2. The minimum Gasteiger partial charge on any atom is -0.478 e. The lowest BCUT2D eigenvalue weighted by Crippen LogP contribution is -2.20. The zero-order valence-electron chi connectivity index (χ0n) is 11.0. The molecule has 1 atom stereocenters. The SMILES string of the molecule is CC1(c2nnc(-c3cccc(C(=O)O)c3)o2)CCCO1. The van der Waals surface area contributed by atoms with Crippen LogP contribution in [-0.4, -0.2) is 27.9 Å². The number of hydrogen-bond donors (Lipinski definition) is 1. The Labute approximate surface area is 115 Å². The Bertz CT molecular complexity index is 644. The highest BCUT2D eigenvalue weighted by Crippen LogP contribution is 2.35. The predicted octanol–water partition coefficient (Wildman–Crippen LogP) is 2.46. The van der Waals surface area contributed by atoms with Crippen LogP contribution in [0.3, 0.4) is 0 Å². The van der Waals surface area contributed by atoms with Crippen molar-refractivity contribution in [1.82, 2.24) is 10.2 Å². The molecule has 0 amide bonds. The number of carboxylic acids is 1.